The minimum Gasteiger partial charge on any atom is -0.395 e. The van der Waals surface area contributed by atoms with E-state index >= 15 is 0 Å². The van der Waals surface area contributed by atoms with E-state index in [1.807, 2.05) is 11.9 Å². The first-order chi connectivity index (χ1) is 4.77. The van der Waals surface area contributed by atoms with Crippen LogP contribution < -0.4 is 0 Å². The molecule has 1 aliphatic rings. The van der Waals surface area contributed by atoms with Crippen LogP contribution in [0, 0.1) is 17.2 Å². The van der Waals surface area contributed by atoms with Crippen molar-refractivity contribution < 1.29 is 5.11 Å². The second-order valence-corrected chi connectivity index (χ2v) is 2.84. The number of hydrogen-bond acceptors (Lipinski definition) is 3. The third kappa shape index (κ3) is 2.33. The highest BCUT2D eigenvalue weighted by Gasteiger charge is 2.28. The molecule has 11 heavy (non-hydrogen) atoms. The molecule has 0 aromatic heterocycles. The molecule has 1 rings (SSSR count). The fraction of sp³-hybridized carbons (Fsp3) is 0.857. The standard InChI is InChI=1S/C7H12N2O.ClH/c1-9-4-6(3-8)2-7(9)5-10;/h6-7,10H,2,4-5H2,1H3;1H/t6-,7-;/m0./s1. The number of likely N-dealkylation sites (N-methyl/N-ethyl adjacent to an activating group) is 1. The highest BCUT2D eigenvalue weighted by molar-refractivity contribution is 5.85. The summed E-state index contributed by atoms with van der Waals surface area (Å²) in [4.78, 5) is 2.04. The smallest absolute Gasteiger partial charge is 0.0669 e. The molecule has 1 N–H and O–H groups in total. The molecule has 0 aliphatic carbocycles. The van der Waals surface area contributed by atoms with Crippen LogP contribution in [0.4, 0.5) is 0 Å². The molecule has 1 saturated heterocycles. The second kappa shape index (κ2) is 4.55. The van der Waals surface area contributed by atoms with Gasteiger partial charge >= 0.3 is 0 Å². The number of likely N-dealkylation sites (tertiary alicyclic amines) is 1. The summed E-state index contributed by atoms with van der Waals surface area (Å²) in [6, 6.07) is 2.42. The zero-order valence-corrected chi connectivity index (χ0v) is 7.34. The van der Waals surface area contributed by atoms with Crippen molar-refractivity contribution >= 4 is 12.4 Å². The highest BCUT2D eigenvalue weighted by atomic mass is 35.5. The van der Waals surface area contributed by atoms with Gasteiger partial charge in [-0.25, -0.2) is 0 Å². The van der Waals surface area contributed by atoms with Gasteiger partial charge in [-0.05, 0) is 13.5 Å². The van der Waals surface area contributed by atoms with Crippen LogP contribution in [0.25, 0.3) is 0 Å². The van der Waals surface area contributed by atoms with Gasteiger partial charge in [-0.3, -0.25) is 4.90 Å². The number of nitrogens with zero attached hydrogens (tertiary/aromatic N) is 2. The Morgan fingerprint density at radius 1 is 1.73 bits per heavy atom. The lowest BCUT2D eigenvalue weighted by atomic mass is 10.1. The molecule has 0 radical (unpaired) electrons. The molecule has 1 fully saturated rings. The lowest BCUT2D eigenvalue weighted by molar-refractivity contribution is 0.182. The van der Waals surface area contributed by atoms with Crippen LogP contribution >= 0.6 is 12.4 Å². The molecule has 0 aromatic rings. The summed E-state index contributed by atoms with van der Waals surface area (Å²) in [6.45, 7) is 0.983. The van der Waals surface area contributed by atoms with E-state index in [1.54, 1.807) is 0 Å². The Morgan fingerprint density at radius 2 is 2.36 bits per heavy atom. The molecule has 0 bridgehead atoms. The maximum atomic E-state index is 8.80. The van der Waals surface area contributed by atoms with Crippen molar-refractivity contribution in [2.75, 3.05) is 20.2 Å². The van der Waals surface area contributed by atoms with Crippen LogP contribution in [0.15, 0.2) is 0 Å². The summed E-state index contributed by atoms with van der Waals surface area (Å²) in [5, 5.41) is 17.3. The molecule has 2 atom stereocenters. The van der Waals surface area contributed by atoms with Gasteiger partial charge in [0.15, 0.2) is 0 Å². The fourth-order valence-electron chi connectivity index (χ4n) is 1.39. The van der Waals surface area contributed by atoms with Gasteiger partial charge < -0.3 is 5.11 Å². The highest BCUT2D eigenvalue weighted by Crippen LogP contribution is 2.19. The first kappa shape index (κ1) is 10.7. The molecule has 1 heterocycles. The van der Waals surface area contributed by atoms with Crippen molar-refractivity contribution in [2.45, 2.75) is 12.5 Å². The van der Waals surface area contributed by atoms with E-state index in [2.05, 4.69) is 6.07 Å². The molecular weight excluding hydrogens is 164 g/mol. The molecular formula is C7H13ClN2O. The Hall–Kier alpha value is -0.300. The number of nitriles is 1. The Morgan fingerprint density at radius 3 is 2.64 bits per heavy atom. The third-order valence-corrected chi connectivity index (χ3v) is 2.08. The van der Waals surface area contributed by atoms with Crippen LogP contribution in [0.2, 0.25) is 0 Å². The summed E-state index contributed by atoms with van der Waals surface area (Å²) in [5.74, 6) is 0.127. The van der Waals surface area contributed by atoms with E-state index < -0.39 is 0 Å². The van der Waals surface area contributed by atoms with Crippen molar-refractivity contribution in [3.8, 4) is 6.07 Å². The maximum absolute atomic E-state index is 8.80. The molecule has 0 unspecified atom stereocenters. The van der Waals surface area contributed by atoms with Crippen LogP contribution in [0.5, 0.6) is 0 Å². The number of hydrogen-bond donors (Lipinski definition) is 1. The molecule has 0 spiro atoms. The van der Waals surface area contributed by atoms with Gasteiger partial charge in [-0.2, -0.15) is 5.26 Å². The van der Waals surface area contributed by atoms with Crippen molar-refractivity contribution in [1.29, 1.82) is 5.26 Å². The summed E-state index contributed by atoms with van der Waals surface area (Å²) in [6.07, 6.45) is 0.823. The lowest BCUT2D eigenvalue weighted by Crippen LogP contribution is -2.27. The van der Waals surface area contributed by atoms with Crippen LogP contribution in [-0.4, -0.2) is 36.2 Å². The SMILES string of the molecule is CN1C[C@H](C#N)C[C@H]1CO.Cl. The lowest BCUT2D eigenvalue weighted by Gasteiger charge is -2.14. The molecule has 3 nitrogen and oxygen atoms in total. The van der Waals surface area contributed by atoms with Crippen molar-refractivity contribution in [3.63, 3.8) is 0 Å². The van der Waals surface area contributed by atoms with Gasteiger partial charge in [0.2, 0.25) is 0 Å². The minimum atomic E-state index is 0. The Labute approximate surface area is 73.0 Å². The van der Waals surface area contributed by atoms with Crippen LogP contribution in [-0.2, 0) is 0 Å². The van der Waals surface area contributed by atoms with Crippen molar-refractivity contribution in [1.82, 2.24) is 4.90 Å². The molecule has 1 aliphatic heterocycles. The summed E-state index contributed by atoms with van der Waals surface area (Å²) < 4.78 is 0. The Kier molecular flexibility index (Phi) is 4.43. The molecule has 4 heteroatoms. The monoisotopic (exact) mass is 176 g/mol. The predicted molar refractivity (Wildman–Crippen MR) is 44.5 cm³/mol. The first-order valence-corrected chi connectivity index (χ1v) is 3.48. The van der Waals surface area contributed by atoms with Crippen LogP contribution in [0.1, 0.15) is 6.42 Å². The molecule has 64 valence electrons. The van der Waals surface area contributed by atoms with Crippen molar-refractivity contribution in [2.24, 2.45) is 5.92 Å². The molecule has 0 aromatic carbocycles. The topological polar surface area (TPSA) is 47.3 Å². The summed E-state index contributed by atoms with van der Waals surface area (Å²) in [5.41, 5.74) is 0. The zero-order chi connectivity index (χ0) is 7.56. The zero-order valence-electron chi connectivity index (χ0n) is 6.53. The van der Waals surface area contributed by atoms with E-state index in [0.29, 0.717) is 0 Å². The third-order valence-electron chi connectivity index (χ3n) is 2.08. The fourth-order valence-corrected chi connectivity index (χ4v) is 1.39. The van der Waals surface area contributed by atoms with Gasteiger partial charge in [0.1, 0.15) is 0 Å². The van der Waals surface area contributed by atoms with E-state index in [-0.39, 0.29) is 31.0 Å². The maximum Gasteiger partial charge on any atom is 0.0669 e. The largest absolute Gasteiger partial charge is 0.395 e. The Balaban J connectivity index is 0.000001000. The van der Waals surface area contributed by atoms with Crippen molar-refractivity contribution in [3.05, 3.63) is 0 Å². The number of aliphatic hydroxyl groups excluding tert-OH is 1. The molecule has 0 saturated carbocycles. The van der Waals surface area contributed by atoms with E-state index in [9.17, 15) is 0 Å². The normalized spacial score (nSPS) is 31.0. The predicted octanol–water partition coefficient (Wildman–Crippen LogP) is 0.244. The molecule has 0 amide bonds. The average Bonchev–Trinajstić information content (AvgIpc) is 2.30. The first-order valence-electron chi connectivity index (χ1n) is 3.48. The van der Waals surface area contributed by atoms with Gasteiger partial charge in [0, 0.05) is 12.6 Å². The van der Waals surface area contributed by atoms with Crippen LogP contribution in [0.3, 0.4) is 0 Å². The average molecular weight is 177 g/mol. The Bertz CT molecular complexity index is 157. The van der Waals surface area contributed by atoms with Gasteiger partial charge in [0.05, 0.1) is 18.6 Å². The summed E-state index contributed by atoms with van der Waals surface area (Å²) in [7, 11) is 1.94. The van der Waals surface area contributed by atoms with E-state index in [1.165, 1.54) is 0 Å². The number of halogens is 1. The van der Waals surface area contributed by atoms with Gasteiger partial charge in [-0.1, -0.05) is 0 Å². The van der Waals surface area contributed by atoms with Gasteiger partial charge in [0.25, 0.3) is 0 Å². The second-order valence-electron chi connectivity index (χ2n) is 2.84. The summed E-state index contributed by atoms with van der Waals surface area (Å²) >= 11 is 0. The number of rotatable bonds is 1. The van der Waals surface area contributed by atoms with Gasteiger partial charge in [-0.15, -0.1) is 12.4 Å². The van der Waals surface area contributed by atoms with E-state index in [0.717, 1.165) is 13.0 Å². The minimum absolute atomic E-state index is 0. The quantitative estimate of drug-likeness (QED) is 0.623. The van der Waals surface area contributed by atoms with E-state index in [4.69, 9.17) is 10.4 Å². The number of aliphatic hydroxyl groups is 1.